The molecule has 2 atom stereocenters. The maximum Gasteiger partial charge on any atom is -0.0683 e. The number of allylic oxidation sites excluding steroid dienone is 4. The largest absolute Gasteiger partial charge is 0.0683 e. The second-order valence-corrected chi connectivity index (χ2v) is 13.1. The van der Waals surface area contributed by atoms with Gasteiger partial charge in [-0.25, -0.2) is 0 Å². The van der Waals surface area contributed by atoms with E-state index in [9.17, 15) is 18.0 Å². The molecule has 8 nitrogen and oxygen atoms in total. The number of carbonyl (C=O) groups excluding carboxylic acids is 1. The molecule has 0 saturated carbocycles. The number of alkyl carbamates (subject to hydrolysis) is 1. The van der Waals surface area contributed by atoms with Gasteiger partial charge < -0.3 is 0 Å². The third kappa shape index (κ3) is 14.9. The van der Waals surface area contributed by atoms with Crippen molar-refractivity contribution in [2.75, 3.05) is 13.2 Å². The van der Waals surface area contributed by atoms with Crippen molar-refractivity contribution < 1.29 is 32.1 Å². The predicted molar refractivity (Wildman–Crippen MR) is 198 cm³/mol. The molecule has 1 N–H and O–H groups in total. The average Bonchev–Trinajstić information content (AvgIpc) is 3.52. The van der Waals surface area contributed by atoms with Gasteiger partial charge in [0.1, 0.15) is 0 Å². The second-order valence-electron chi connectivity index (χ2n) is 13.1. The van der Waals surface area contributed by atoms with Gasteiger partial charge >= 0.3 is 228 Å². The number of rotatable bonds is 14. The number of amides is 1. The van der Waals surface area contributed by atoms with Crippen LogP contribution in [0.3, 0.4) is 0 Å². The van der Waals surface area contributed by atoms with Crippen molar-refractivity contribution in [2.45, 2.75) is 126 Å². The minimum Gasteiger partial charge on any atom is -0.0683 e. The molecule has 2 unspecified atom stereocenters. The standard InChI is InChI=1S/C36H50BF3N4O4.C2H6/c1-10-26(6)32(30-16-13-20-44(30)33(37-47-23-41)43-34(45)48-35(7,8)9)42-29(11-2)27-17-18-31(28(22-27)36(38,39)40)46-21-19-25(5)15-12-14-24(3)4;1-2/h11,14,17-19,22,26,30H,10,12-13,15-16,20-21H2,1-9H3,(H,43,45);1-2H3/b25-19+,29-11-,42-32?;. The molecule has 1 heterocycles. The van der Waals surface area contributed by atoms with Crippen molar-refractivity contribution in [1.82, 2.24) is 10.2 Å². The van der Waals surface area contributed by atoms with E-state index in [1.54, 1.807) is 46.1 Å². The van der Waals surface area contributed by atoms with E-state index in [2.05, 4.69) is 11.4 Å². The quantitative estimate of drug-likeness (QED) is 0.0899. The minimum absolute atomic E-state index is 0.0239. The smallest absolute Gasteiger partial charge is 0.0683 e. The van der Waals surface area contributed by atoms with E-state index in [0.717, 1.165) is 50.2 Å². The topological polar surface area (TPSA) is 96.2 Å². The van der Waals surface area contributed by atoms with Crippen LogP contribution >= 0.6 is 0 Å². The van der Waals surface area contributed by atoms with Gasteiger partial charge in [-0.1, -0.05) is 31.1 Å². The number of aliphatic imine (C=N–C) groups is 1. The molecular weight excluding hydrogens is 644 g/mol. The van der Waals surface area contributed by atoms with Crippen LogP contribution in [0, 0.1) is 17.4 Å². The maximum absolute atomic E-state index is 14.3. The summed E-state index contributed by atoms with van der Waals surface area (Å²) in [6, 6.07) is 3.69. The van der Waals surface area contributed by atoms with Crippen molar-refractivity contribution in [3.05, 3.63) is 58.7 Å². The summed E-state index contributed by atoms with van der Waals surface area (Å²) in [4.78, 5) is 19.5. The maximum atomic E-state index is 14.3. The number of nitrogens with zero attached hydrogens (tertiary/aromatic N) is 3. The Labute approximate surface area is 298 Å². The zero-order chi connectivity index (χ0) is 38.1. The Morgan fingerprint density at radius 1 is 1.20 bits per heavy atom. The van der Waals surface area contributed by atoms with Gasteiger partial charge in [-0.2, -0.15) is 0 Å². The Kier molecular flexibility index (Phi) is 18.7. The summed E-state index contributed by atoms with van der Waals surface area (Å²) < 4.78 is 58.9. The van der Waals surface area contributed by atoms with Gasteiger partial charge in [-0.3, -0.25) is 0 Å². The molecule has 1 aliphatic heterocycles. The monoisotopic (exact) mass is 700 g/mol. The van der Waals surface area contributed by atoms with E-state index in [-0.39, 0.29) is 30.0 Å². The molecule has 1 amide bonds. The number of ether oxygens (including phenoxy) is 2. The van der Waals surface area contributed by atoms with Crippen molar-refractivity contribution >= 4 is 30.3 Å². The molecule has 276 valence electrons. The molecule has 1 aromatic carbocycles. The van der Waals surface area contributed by atoms with Crippen LogP contribution in [-0.2, 0) is 15.6 Å². The van der Waals surface area contributed by atoms with Gasteiger partial charge in [0.25, 0.3) is 0 Å². The summed E-state index contributed by atoms with van der Waals surface area (Å²) in [7, 11) is 1.15. The zero-order valence-electron chi connectivity index (χ0n) is 31.8. The van der Waals surface area contributed by atoms with Crippen molar-refractivity contribution in [3.63, 3.8) is 0 Å². The summed E-state index contributed by atoms with van der Waals surface area (Å²) in [5, 5.41) is 11.8. The zero-order valence-corrected chi connectivity index (χ0v) is 31.8. The van der Waals surface area contributed by atoms with E-state index in [4.69, 9.17) is 24.4 Å². The first kappa shape index (κ1) is 44.0. The van der Waals surface area contributed by atoms with Crippen LogP contribution in [0.5, 0.6) is 5.75 Å². The average molecular weight is 701 g/mol. The van der Waals surface area contributed by atoms with E-state index in [0.29, 0.717) is 24.2 Å². The Bertz CT molecular complexity index is 1450. The SMILES string of the molecule is C/C=C(\N=C(C(C)CC)C1CCCN1C(=BOC#N)NC(=O)OC(C)(C)C)c1ccc(OC/C=C(\C)CCC=C(C)C)c(C(F)(F)F)c1.CC. The van der Waals surface area contributed by atoms with Gasteiger partial charge in [0.2, 0.25) is 0 Å². The number of hydrogen-bond acceptors (Lipinski definition) is 7. The normalized spacial score (nSPS) is 16.3. The number of benzene rings is 1. The van der Waals surface area contributed by atoms with Crippen LogP contribution in [0.15, 0.2) is 52.6 Å². The Balaban J connectivity index is 0.00000613. The number of likely N-dealkylation sites (tertiary alicyclic amines) is 1. The fourth-order valence-corrected chi connectivity index (χ4v) is 5.18. The van der Waals surface area contributed by atoms with E-state index >= 15 is 0 Å². The Morgan fingerprint density at radius 2 is 1.88 bits per heavy atom. The summed E-state index contributed by atoms with van der Waals surface area (Å²) in [6.45, 7) is 21.5. The molecular formula is C38H56BF3N4O4. The number of hydrogen-bond donors (Lipinski definition) is 1. The van der Waals surface area contributed by atoms with Gasteiger partial charge in [-0.05, 0) is 39.7 Å². The van der Waals surface area contributed by atoms with E-state index in [1.807, 2.05) is 59.4 Å². The molecule has 12 heteroatoms. The Hall–Kier alpha value is -4.01. The first-order valence-corrected chi connectivity index (χ1v) is 17.4. The van der Waals surface area contributed by atoms with Crippen LogP contribution in [0.2, 0.25) is 0 Å². The fourth-order valence-electron chi connectivity index (χ4n) is 5.18. The van der Waals surface area contributed by atoms with Crippen LogP contribution < -0.4 is 10.1 Å². The number of nitriles is 1. The van der Waals surface area contributed by atoms with Crippen LogP contribution in [0.1, 0.15) is 119 Å². The predicted octanol–water partition coefficient (Wildman–Crippen LogP) is 9.84. The van der Waals surface area contributed by atoms with Crippen LogP contribution in [0.25, 0.3) is 5.70 Å². The summed E-state index contributed by atoms with van der Waals surface area (Å²) in [5.74, 6) is -0.301. The fraction of sp³-hybridized carbons (Fsp3) is 0.579. The molecule has 0 radical (unpaired) electrons. The number of alkyl halides is 3. The third-order valence-corrected chi connectivity index (χ3v) is 7.74. The molecule has 1 saturated heterocycles. The van der Waals surface area contributed by atoms with Gasteiger partial charge in [-0.15, -0.1) is 0 Å². The first-order chi connectivity index (χ1) is 23.5. The number of halogens is 3. The molecule has 2 rings (SSSR count). The molecule has 1 aliphatic rings. The molecule has 0 bridgehead atoms. The van der Waals surface area contributed by atoms with Crippen molar-refractivity contribution in [3.8, 4) is 12.0 Å². The van der Waals surface area contributed by atoms with Gasteiger partial charge in [0.05, 0.1) is 0 Å². The second kappa shape index (κ2) is 21.3. The van der Waals surface area contributed by atoms with E-state index < -0.39 is 23.4 Å². The van der Waals surface area contributed by atoms with Crippen molar-refractivity contribution in [1.29, 1.82) is 5.26 Å². The van der Waals surface area contributed by atoms with Gasteiger partial charge in [0, 0.05) is 0 Å². The summed E-state index contributed by atoms with van der Waals surface area (Å²) in [6.07, 6.45) is 5.65. The number of carbonyl (C=O) groups is 1. The molecule has 0 aromatic heterocycles. The minimum atomic E-state index is -4.65. The molecule has 0 spiro atoms. The molecule has 1 aromatic rings. The third-order valence-electron chi connectivity index (χ3n) is 7.74. The van der Waals surface area contributed by atoms with E-state index in [1.165, 1.54) is 11.6 Å². The number of nitrogens with one attached hydrogen (secondary N) is 1. The van der Waals surface area contributed by atoms with Crippen molar-refractivity contribution in [2.24, 2.45) is 10.9 Å². The first-order valence-electron chi connectivity index (χ1n) is 17.4. The summed E-state index contributed by atoms with van der Waals surface area (Å²) >= 11 is 0. The van der Waals surface area contributed by atoms with Gasteiger partial charge in [0.15, 0.2) is 0 Å². The molecule has 1 fully saturated rings. The van der Waals surface area contributed by atoms with Crippen LogP contribution in [-0.4, -0.2) is 54.3 Å². The Morgan fingerprint density at radius 3 is 2.44 bits per heavy atom. The molecule has 0 aliphatic carbocycles. The summed E-state index contributed by atoms with van der Waals surface area (Å²) in [5.41, 5.74) is 2.27. The van der Waals surface area contributed by atoms with Crippen LogP contribution in [0.4, 0.5) is 18.0 Å². The molecule has 50 heavy (non-hydrogen) atoms.